The molecular weight excluding hydrogens is 370 g/mol. The van der Waals surface area contributed by atoms with Gasteiger partial charge in [-0.15, -0.1) is 0 Å². The van der Waals surface area contributed by atoms with Crippen molar-refractivity contribution in [2.45, 2.75) is 0 Å². The van der Waals surface area contributed by atoms with Crippen LogP contribution >= 0.6 is 15.9 Å². The molecule has 1 nitrogen and oxygen atoms in total. The molecule has 0 unspecified atom stereocenters. The summed E-state index contributed by atoms with van der Waals surface area (Å²) in [6.45, 7) is 0. The molecule has 118 valence electrons. The van der Waals surface area contributed by atoms with Crippen molar-refractivity contribution >= 4 is 48.5 Å². The fraction of sp³-hybridized carbons (Fsp3) is 0. The molecule has 5 aromatic rings. The van der Waals surface area contributed by atoms with Gasteiger partial charge in [-0.1, -0.05) is 76.6 Å². The number of pyridine rings is 1. The van der Waals surface area contributed by atoms with Crippen molar-refractivity contribution in [1.82, 2.24) is 4.98 Å². The highest BCUT2D eigenvalue weighted by Gasteiger charge is 2.13. The maximum Gasteiger partial charge on any atom is 0.0716 e. The van der Waals surface area contributed by atoms with Gasteiger partial charge in [0.1, 0.15) is 0 Å². The summed E-state index contributed by atoms with van der Waals surface area (Å²) in [5, 5.41) is 4.84. The Balaban J connectivity index is 1.94. The number of benzene rings is 4. The van der Waals surface area contributed by atoms with Gasteiger partial charge in [0.2, 0.25) is 0 Å². The molecule has 1 aromatic heterocycles. The Hall–Kier alpha value is -2.71. The van der Waals surface area contributed by atoms with Crippen molar-refractivity contribution in [2.24, 2.45) is 0 Å². The number of hydrogen-bond acceptors (Lipinski definition) is 1. The number of rotatable bonds is 1. The Morgan fingerprint density at radius 2 is 1.36 bits per heavy atom. The Kier molecular flexibility index (Phi) is 3.32. The molecule has 0 fully saturated rings. The van der Waals surface area contributed by atoms with E-state index in [1.54, 1.807) is 0 Å². The van der Waals surface area contributed by atoms with Gasteiger partial charge in [-0.25, -0.2) is 4.98 Å². The molecule has 25 heavy (non-hydrogen) atoms. The number of nitrogens with zero attached hydrogens (tertiary/aromatic N) is 1. The topological polar surface area (TPSA) is 12.9 Å². The quantitative estimate of drug-likeness (QED) is 0.284. The zero-order valence-corrected chi connectivity index (χ0v) is 15.0. The second-order valence-electron chi connectivity index (χ2n) is 6.20. The van der Waals surface area contributed by atoms with Crippen LogP contribution in [0.3, 0.4) is 0 Å². The average Bonchev–Trinajstić information content (AvgIpc) is 2.66. The van der Waals surface area contributed by atoms with Gasteiger partial charge in [-0.2, -0.15) is 0 Å². The maximum absolute atomic E-state index is 4.86. The molecule has 0 radical (unpaired) electrons. The van der Waals surface area contributed by atoms with Crippen LogP contribution in [-0.2, 0) is 0 Å². The molecule has 0 saturated carbocycles. The van der Waals surface area contributed by atoms with E-state index in [0.717, 1.165) is 20.9 Å². The molecule has 0 aliphatic heterocycles. The first-order chi connectivity index (χ1) is 12.3. The lowest BCUT2D eigenvalue weighted by atomic mass is 9.95. The monoisotopic (exact) mass is 383 g/mol. The van der Waals surface area contributed by atoms with Crippen LogP contribution in [-0.4, -0.2) is 4.98 Å². The fourth-order valence-electron chi connectivity index (χ4n) is 3.54. The minimum absolute atomic E-state index is 1.02. The van der Waals surface area contributed by atoms with Gasteiger partial charge in [0, 0.05) is 20.8 Å². The van der Waals surface area contributed by atoms with Crippen LogP contribution in [0.15, 0.2) is 89.4 Å². The van der Waals surface area contributed by atoms with E-state index >= 15 is 0 Å². The minimum atomic E-state index is 1.02. The third-order valence-electron chi connectivity index (χ3n) is 4.71. The van der Waals surface area contributed by atoms with Crippen LogP contribution in [0.2, 0.25) is 0 Å². The number of halogens is 1. The van der Waals surface area contributed by atoms with Gasteiger partial charge in [0.05, 0.1) is 11.0 Å². The Bertz CT molecular complexity index is 1250. The highest BCUT2D eigenvalue weighted by Crippen LogP contribution is 2.39. The van der Waals surface area contributed by atoms with Crippen LogP contribution in [0, 0.1) is 0 Å². The van der Waals surface area contributed by atoms with E-state index in [-0.39, 0.29) is 0 Å². The Morgan fingerprint density at radius 3 is 2.28 bits per heavy atom. The summed E-state index contributed by atoms with van der Waals surface area (Å²) in [6.07, 6.45) is 0. The molecule has 0 aliphatic carbocycles. The summed E-state index contributed by atoms with van der Waals surface area (Å²) in [4.78, 5) is 4.86. The summed E-state index contributed by atoms with van der Waals surface area (Å²) < 4.78 is 1.09. The zero-order valence-electron chi connectivity index (χ0n) is 13.4. The van der Waals surface area contributed by atoms with Gasteiger partial charge < -0.3 is 0 Å². The molecule has 0 saturated heterocycles. The molecular formula is C23H14BrN. The summed E-state index contributed by atoms with van der Waals surface area (Å²) in [5.41, 5.74) is 4.48. The first-order valence-corrected chi connectivity index (χ1v) is 9.07. The van der Waals surface area contributed by atoms with Gasteiger partial charge in [-0.05, 0) is 40.6 Å². The molecule has 0 spiro atoms. The van der Waals surface area contributed by atoms with E-state index in [1.165, 1.54) is 27.3 Å². The Labute approximate surface area is 154 Å². The van der Waals surface area contributed by atoms with E-state index in [4.69, 9.17) is 4.98 Å². The Morgan fingerprint density at radius 1 is 0.600 bits per heavy atom. The van der Waals surface area contributed by atoms with Crippen molar-refractivity contribution in [3.63, 3.8) is 0 Å². The fourth-order valence-corrected chi connectivity index (χ4v) is 4.10. The number of fused-ring (bicyclic) bond motifs is 3. The lowest BCUT2D eigenvalue weighted by Gasteiger charge is -2.13. The first kappa shape index (κ1) is 14.6. The lowest BCUT2D eigenvalue weighted by molar-refractivity contribution is 1.49. The highest BCUT2D eigenvalue weighted by atomic mass is 79.9. The lowest BCUT2D eigenvalue weighted by Crippen LogP contribution is -1.89. The second kappa shape index (κ2) is 5.68. The summed E-state index contributed by atoms with van der Waals surface area (Å²) in [7, 11) is 0. The SMILES string of the molecule is Brc1ccc2nc3ccccc3cc2c1-c1cccc2ccccc12. The van der Waals surface area contributed by atoms with Crippen molar-refractivity contribution in [3.05, 3.63) is 89.4 Å². The molecule has 2 heteroatoms. The van der Waals surface area contributed by atoms with Crippen molar-refractivity contribution in [3.8, 4) is 11.1 Å². The molecule has 5 rings (SSSR count). The van der Waals surface area contributed by atoms with E-state index < -0.39 is 0 Å². The normalized spacial score (nSPS) is 11.4. The molecule has 4 aromatic carbocycles. The molecule has 0 bridgehead atoms. The molecule has 0 atom stereocenters. The van der Waals surface area contributed by atoms with Crippen molar-refractivity contribution in [1.29, 1.82) is 0 Å². The minimum Gasteiger partial charge on any atom is -0.248 e. The number of aromatic nitrogens is 1. The first-order valence-electron chi connectivity index (χ1n) is 8.27. The number of hydrogen-bond donors (Lipinski definition) is 0. The van der Waals surface area contributed by atoms with Crippen LogP contribution in [0.4, 0.5) is 0 Å². The zero-order chi connectivity index (χ0) is 16.8. The van der Waals surface area contributed by atoms with Gasteiger partial charge in [-0.3, -0.25) is 0 Å². The molecule has 0 amide bonds. The van der Waals surface area contributed by atoms with Crippen LogP contribution < -0.4 is 0 Å². The average molecular weight is 384 g/mol. The van der Waals surface area contributed by atoms with E-state index in [1.807, 2.05) is 6.07 Å². The van der Waals surface area contributed by atoms with Crippen LogP contribution in [0.1, 0.15) is 0 Å². The molecule has 1 heterocycles. The third-order valence-corrected chi connectivity index (χ3v) is 5.37. The number of para-hydroxylation sites is 1. The van der Waals surface area contributed by atoms with Gasteiger partial charge in [0.25, 0.3) is 0 Å². The van der Waals surface area contributed by atoms with E-state index in [2.05, 4.69) is 94.8 Å². The van der Waals surface area contributed by atoms with Crippen molar-refractivity contribution in [2.75, 3.05) is 0 Å². The maximum atomic E-state index is 4.86. The summed E-state index contributed by atoms with van der Waals surface area (Å²) in [6, 6.07) is 29.7. The van der Waals surface area contributed by atoms with Gasteiger partial charge in [0.15, 0.2) is 0 Å². The summed E-state index contributed by atoms with van der Waals surface area (Å²) in [5.74, 6) is 0. The summed E-state index contributed by atoms with van der Waals surface area (Å²) >= 11 is 3.78. The van der Waals surface area contributed by atoms with Crippen molar-refractivity contribution < 1.29 is 0 Å². The smallest absolute Gasteiger partial charge is 0.0716 e. The second-order valence-corrected chi connectivity index (χ2v) is 7.05. The molecule has 0 N–H and O–H groups in total. The third kappa shape index (κ3) is 2.33. The van der Waals surface area contributed by atoms with Crippen LogP contribution in [0.5, 0.6) is 0 Å². The largest absolute Gasteiger partial charge is 0.248 e. The van der Waals surface area contributed by atoms with E-state index in [0.29, 0.717) is 0 Å². The van der Waals surface area contributed by atoms with E-state index in [9.17, 15) is 0 Å². The predicted octanol–water partition coefficient (Wildman–Crippen LogP) is 6.97. The standard InChI is InChI=1S/C23H14BrN/c24-20-12-13-22-19(14-16-7-2-4-11-21(16)25-22)23(20)18-10-5-8-15-6-1-3-9-17(15)18/h1-14H. The highest BCUT2D eigenvalue weighted by molar-refractivity contribution is 9.10. The van der Waals surface area contributed by atoms with Crippen LogP contribution in [0.25, 0.3) is 43.7 Å². The molecule has 0 aliphatic rings. The van der Waals surface area contributed by atoms with Gasteiger partial charge >= 0.3 is 0 Å². The predicted molar refractivity (Wildman–Crippen MR) is 110 cm³/mol.